The highest BCUT2D eigenvalue weighted by Crippen LogP contribution is 2.28. The normalized spacial score (nSPS) is 14.8. The number of rotatable bonds is 5. The molecule has 154 valence electrons. The van der Waals surface area contributed by atoms with Gasteiger partial charge in [-0.25, -0.2) is 4.39 Å². The predicted octanol–water partition coefficient (Wildman–Crippen LogP) is 5.69. The fraction of sp³-hybridized carbons (Fsp3) is 0.174. The molecule has 1 aromatic heterocycles. The van der Waals surface area contributed by atoms with Crippen LogP contribution in [0.4, 0.5) is 4.39 Å². The Bertz CT molecular complexity index is 1030. The highest BCUT2D eigenvalue weighted by atomic mass is 35.5. The quantitative estimate of drug-likeness (QED) is 0.606. The molecule has 7 heteroatoms. The molecular formula is C23H21ClFN3OS. The third-order valence-electron chi connectivity index (χ3n) is 4.25. The van der Waals surface area contributed by atoms with Crippen molar-refractivity contribution >= 4 is 35.0 Å². The lowest BCUT2D eigenvalue weighted by atomic mass is 10.1. The zero-order valence-corrected chi connectivity index (χ0v) is 18.0. The Labute approximate surface area is 184 Å². The van der Waals surface area contributed by atoms with Crippen LogP contribution in [0.1, 0.15) is 31.0 Å². The Kier molecular flexibility index (Phi) is 7.99. The van der Waals surface area contributed by atoms with Gasteiger partial charge in [0.15, 0.2) is 0 Å². The number of benzene rings is 1. The number of pyridine rings is 1. The van der Waals surface area contributed by atoms with Crippen molar-refractivity contribution in [1.29, 1.82) is 0 Å². The number of aromatic nitrogens is 1. The van der Waals surface area contributed by atoms with Crippen LogP contribution in [0.3, 0.4) is 0 Å². The van der Waals surface area contributed by atoms with Crippen LogP contribution in [0.15, 0.2) is 81.8 Å². The van der Waals surface area contributed by atoms with E-state index in [0.29, 0.717) is 33.4 Å². The minimum atomic E-state index is -0.338. The molecule has 2 aromatic rings. The molecule has 0 atom stereocenters. The second kappa shape index (κ2) is 10.9. The topological polar surface area (TPSA) is 54.4 Å². The second-order valence-corrected chi connectivity index (χ2v) is 7.86. The fourth-order valence-electron chi connectivity index (χ4n) is 2.71. The maximum absolute atomic E-state index is 13.9. The molecule has 0 radical (unpaired) electrons. The van der Waals surface area contributed by atoms with Crippen molar-refractivity contribution in [2.45, 2.75) is 24.7 Å². The summed E-state index contributed by atoms with van der Waals surface area (Å²) in [6.07, 6.45) is 10.2. The van der Waals surface area contributed by atoms with E-state index in [2.05, 4.69) is 22.2 Å². The molecule has 30 heavy (non-hydrogen) atoms. The number of amides is 1. The Morgan fingerprint density at radius 1 is 1.27 bits per heavy atom. The summed E-state index contributed by atoms with van der Waals surface area (Å²) in [5, 5.41) is 5.22. The van der Waals surface area contributed by atoms with E-state index in [9.17, 15) is 9.18 Å². The molecule has 0 saturated carbocycles. The van der Waals surface area contributed by atoms with Crippen LogP contribution in [0.5, 0.6) is 0 Å². The number of fused-ring (bicyclic) bond motifs is 1. The average molecular weight is 442 g/mol. The van der Waals surface area contributed by atoms with E-state index in [-0.39, 0.29) is 11.7 Å². The first-order valence-corrected chi connectivity index (χ1v) is 10.8. The van der Waals surface area contributed by atoms with Gasteiger partial charge in [0.05, 0.1) is 16.4 Å². The zero-order chi connectivity index (χ0) is 21.3. The number of hydrogen-bond donors (Lipinski definition) is 1. The Morgan fingerprint density at radius 3 is 2.90 bits per heavy atom. The van der Waals surface area contributed by atoms with Gasteiger partial charge in [-0.15, -0.1) is 0 Å². The monoisotopic (exact) mass is 441 g/mol. The van der Waals surface area contributed by atoms with E-state index < -0.39 is 0 Å². The molecular weight excluding hydrogens is 421 g/mol. The second-order valence-electron chi connectivity index (χ2n) is 6.47. The van der Waals surface area contributed by atoms with Gasteiger partial charge in [-0.2, -0.15) is 0 Å². The molecule has 1 amide bonds. The van der Waals surface area contributed by atoms with Crippen molar-refractivity contribution in [3.8, 4) is 0 Å². The Hall–Kier alpha value is -2.70. The molecule has 0 fully saturated rings. The molecule has 1 aromatic carbocycles. The third kappa shape index (κ3) is 5.90. The molecule has 0 saturated heterocycles. The zero-order valence-electron chi connectivity index (χ0n) is 16.4. The smallest absolute Gasteiger partial charge is 0.251 e. The van der Waals surface area contributed by atoms with E-state index in [4.69, 9.17) is 11.6 Å². The van der Waals surface area contributed by atoms with Crippen molar-refractivity contribution in [1.82, 2.24) is 10.3 Å². The minimum absolute atomic E-state index is 0.168. The summed E-state index contributed by atoms with van der Waals surface area (Å²) in [5.74, 6) is -0.506. The average Bonchev–Trinajstić information content (AvgIpc) is 2.77. The number of carbonyl (C=O) groups is 1. The van der Waals surface area contributed by atoms with Gasteiger partial charge in [0, 0.05) is 35.0 Å². The molecule has 1 N–H and O–H groups in total. The summed E-state index contributed by atoms with van der Waals surface area (Å²) in [5.41, 5.74) is 2.37. The number of aliphatic imine (C=N–C) groups is 1. The number of nitrogens with zero attached hydrogens (tertiary/aromatic N) is 2. The van der Waals surface area contributed by atoms with Crippen molar-refractivity contribution in [3.63, 3.8) is 0 Å². The molecule has 0 unspecified atom stereocenters. The summed E-state index contributed by atoms with van der Waals surface area (Å²) in [6.45, 7) is 2.69. The lowest BCUT2D eigenvalue weighted by Crippen LogP contribution is -2.25. The number of allylic oxidation sites excluding steroid dienone is 2. The lowest BCUT2D eigenvalue weighted by Gasteiger charge is -2.10. The van der Waals surface area contributed by atoms with Gasteiger partial charge in [0.2, 0.25) is 0 Å². The summed E-state index contributed by atoms with van der Waals surface area (Å²) >= 11 is 7.32. The van der Waals surface area contributed by atoms with Crippen molar-refractivity contribution in [2.75, 3.05) is 6.54 Å². The standard InChI is InChI=1S/C23H21ClFN3OS/c1-2-3-11-27-23(29)16-5-4-13-30-21-14-18(25)7-8-19(21)22(26-12-10-16)20-9-6-17(24)15-28-20/h4-10,12-15H,2-3,11H2,1H3,(H,27,29)/b12-10?,13-4+,16-5?,26-22?. The van der Waals surface area contributed by atoms with Crippen LogP contribution in [0.2, 0.25) is 5.02 Å². The van der Waals surface area contributed by atoms with E-state index >= 15 is 0 Å². The van der Waals surface area contributed by atoms with Gasteiger partial charge in [0.25, 0.3) is 5.91 Å². The summed E-state index contributed by atoms with van der Waals surface area (Å²) in [6, 6.07) is 8.01. The number of carbonyl (C=O) groups excluding carboxylic acids is 1. The molecule has 1 aliphatic rings. The Morgan fingerprint density at radius 2 is 2.13 bits per heavy atom. The first-order chi connectivity index (χ1) is 14.6. The van der Waals surface area contributed by atoms with Gasteiger partial charge in [0.1, 0.15) is 5.82 Å². The van der Waals surface area contributed by atoms with Gasteiger partial charge in [-0.3, -0.25) is 14.8 Å². The van der Waals surface area contributed by atoms with E-state index in [0.717, 1.165) is 18.4 Å². The largest absolute Gasteiger partial charge is 0.352 e. The van der Waals surface area contributed by atoms with Crippen LogP contribution in [-0.2, 0) is 4.79 Å². The number of nitrogens with one attached hydrogen (secondary N) is 1. The first-order valence-electron chi connectivity index (χ1n) is 9.56. The van der Waals surface area contributed by atoms with Gasteiger partial charge in [-0.1, -0.05) is 42.8 Å². The molecule has 4 nitrogen and oxygen atoms in total. The summed E-state index contributed by atoms with van der Waals surface area (Å²) in [7, 11) is 0. The molecule has 1 aliphatic heterocycles. The maximum atomic E-state index is 13.9. The van der Waals surface area contributed by atoms with Crippen LogP contribution in [0.25, 0.3) is 0 Å². The molecule has 2 heterocycles. The van der Waals surface area contributed by atoms with E-state index in [1.807, 2.05) is 5.41 Å². The SMILES string of the molecule is CCCCNC(=O)C1=C/C=C/Sc2cc(F)ccc2C(c2ccc(Cl)cn2)=NC=C1. The number of halogens is 2. The molecule has 0 spiro atoms. The van der Waals surface area contributed by atoms with Crippen LogP contribution in [0, 0.1) is 5.82 Å². The summed E-state index contributed by atoms with van der Waals surface area (Å²) < 4.78 is 13.9. The van der Waals surface area contributed by atoms with Gasteiger partial charge >= 0.3 is 0 Å². The molecule has 3 rings (SSSR count). The fourth-order valence-corrected chi connectivity index (χ4v) is 3.60. The van der Waals surface area contributed by atoms with Crippen molar-refractivity contribution in [3.05, 3.63) is 94.0 Å². The number of unbranched alkanes of at least 4 members (excludes halogenated alkanes) is 1. The van der Waals surface area contributed by atoms with Gasteiger partial charge in [-0.05, 0) is 54.3 Å². The molecule has 0 aliphatic carbocycles. The lowest BCUT2D eigenvalue weighted by molar-refractivity contribution is -0.117. The van der Waals surface area contributed by atoms with E-state index in [1.54, 1.807) is 42.6 Å². The maximum Gasteiger partial charge on any atom is 0.251 e. The third-order valence-corrected chi connectivity index (χ3v) is 5.36. The molecule has 0 bridgehead atoms. The van der Waals surface area contributed by atoms with Crippen LogP contribution >= 0.6 is 23.4 Å². The van der Waals surface area contributed by atoms with Crippen LogP contribution < -0.4 is 5.32 Å². The Balaban J connectivity index is 2.03. The number of thioether (sulfide) groups is 1. The highest BCUT2D eigenvalue weighted by Gasteiger charge is 2.14. The van der Waals surface area contributed by atoms with Crippen LogP contribution in [-0.4, -0.2) is 23.1 Å². The number of hydrogen-bond acceptors (Lipinski definition) is 4. The van der Waals surface area contributed by atoms with Crippen molar-refractivity contribution < 1.29 is 9.18 Å². The summed E-state index contributed by atoms with van der Waals surface area (Å²) in [4.78, 5) is 22.1. The van der Waals surface area contributed by atoms with Gasteiger partial charge < -0.3 is 5.32 Å². The van der Waals surface area contributed by atoms with E-state index in [1.165, 1.54) is 30.1 Å². The minimum Gasteiger partial charge on any atom is -0.352 e. The predicted molar refractivity (Wildman–Crippen MR) is 121 cm³/mol. The first kappa shape index (κ1) is 22.0. The van der Waals surface area contributed by atoms with Crippen molar-refractivity contribution in [2.24, 2.45) is 4.99 Å². The highest BCUT2D eigenvalue weighted by molar-refractivity contribution is 8.02.